The van der Waals surface area contributed by atoms with Crippen LogP contribution in [0.4, 0.5) is 0 Å². The largest absolute Gasteiger partial charge is 0.355 e. The van der Waals surface area contributed by atoms with Crippen LogP contribution in [0.3, 0.4) is 0 Å². The van der Waals surface area contributed by atoms with Crippen LogP contribution in [-0.4, -0.2) is 30.0 Å². The molecule has 0 saturated carbocycles. The van der Waals surface area contributed by atoms with Crippen LogP contribution in [-0.2, 0) is 11.2 Å². The summed E-state index contributed by atoms with van der Waals surface area (Å²) in [6, 6.07) is 8.55. The van der Waals surface area contributed by atoms with E-state index in [0.717, 1.165) is 31.3 Å². The van der Waals surface area contributed by atoms with Crippen LogP contribution in [0.15, 0.2) is 24.3 Å². The molecule has 0 unspecified atom stereocenters. The first-order valence-electron chi connectivity index (χ1n) is 8.03. The van der Waals surface area contributed by atoms with E-state index in [1.807, 2.05) is 18.2 Å². The second kappa shape index (κ2) is 8.86. The van der Waals surface area contributed by atoms with E-state index in [0.29, 0.717) is 19.0 Å². The molecule has 1 amide bonds. The summed E-state index contributed by atoms with van der Waals surface area (Å²) in [4.78, 5) is 16.4. The number of carbonyl (C=O) groups excluding carboxylic acids is 1. The Labute approximate surface area is 136 Å². The molecule has 0 radical (unpaired) electrons. The number of aromatic nitrogens is 1. The number of nitrogens with one attached hydrogen (secondary N) is 2. The van der Waals surface area contributed by atoms with Gasteiger partial charge in [0.05, 0.1) is 15.2 Å². The lowest BCUT2D eigenvalue weighted by Gasteiger charge is -2.13. The number of hydrogen-bond acceptors (Lipinski definition) is 4. The molecule has 0 bridgehead atoms. The molecular weight excluding hydrogens is 294 g/mol. The first-order chi connectivity index (χ1) is 10.7. The minimum atomic E-state index is 0.147. The highest BCUT2D eigenvalue weighted by Crippen LogP contribution is 2.22. The molecule has 4 nitrogen and oxygen atoms in total. The third-order valence-electron chi connectivity index (χ3n) is 3.54. The Morgan fingerprint density at radius 2 is 2.14 bits per heavy atom. The fourth-order valence-electron chi connectivity index (χ4n) is 2.36. The van der Waals surface area contributed by atoms with Crippen molar-refractivity contribution in [3.8, 4) is 0 Å². The molecule has 5 heteroatoms. The summed E-state index contributed by atoms with van der Waals surface area (Å²) in [6.45, 7) is 5.78. The van der Waals surface area contributed by atoms with Crippen molar-refractivity contribution in [2.45, 2.75) is 45.6 Å². The number of unbranched alkanes of at least 4 members (excludes halogenated alkanes) is 1. The molecule has 1 atom stereocenters. The van der Waals surface area contributed by atoms with Crippen molar-refractivity contribution in [3.05, 3.63) is 29.3 Å². The molecular formula is C17H25N3OS. The molecule has 1 aromatic carbocycles. The van der Waals surface area contributed by atoms with Gasteiger partial charge in [0.2, 0.25) is 5.91 Å². The van der Waals surface area contributed by atoms with Gasteiger partial charge in [0.25, 0.3) is 0 Å². The maximum Gasteiger partial charge on any atom is 0.220 e. The van der Waals surface area contributed by atoms with Crippen molar-refractivity contribution in [3.63, 3.8) is 0 Å². The third kappa shape index (κ3) is 5.39. The Morgan fingerprint density at radius 3 is 2.91 bits per heavy atom. The average molecular weight is 319 g/mol. The molecule has 0 aliphatic carbocycles. The summed E-state index contributed by atoms with van der Waals surface area (Å²) in [7, 11) is 0. The van der Waals surface area contributed by atoms with Crippen LogP contribution in [0.1, 0.15) is 38.1 Å². The van der Waals surface area contributed by atoms with Crippen LogP contribution >= 0.6 is 11.3 Å². The summed E-state index contributed by atoms with van der Waals surface area (Å²) in [5.41, 5.74) is 1.08. The van der Waals surface area contributed by atoms with Crippen molar-refractivity contribution >= 4 is 27.5 Å². The van der Waals surface area contributed by atoms with Gasteiger partial charge in [-0.3, -0.25) is 4.79 Å². The SMILES string of the molecule is CCN[C@H](C)CNC(=O)CCCCc1nc2ccccc2s1. The number of aryl methyl sites for hydroxylation is 1. The Morgan fingerprint density at radius 1 is 1.32 bits per heavy atom. The molecule has 0 spiro atoms. The van der Waals surface area contributed by atoms with Crippen molar-refractivity contribution in [1.29, 1.82) is 0 Å². The zero-order valence-electron chi connectivity index (χ0n) is 13.4. The molecule has 0 aliphatic rings. The van der Waals surface area contributed by atoms with E-state index >= 15 is 0 Å². The molecule has 1 aromatic heterocycles. The number of fused-ring (bicyclic) bond motifs is 1. The van der Waals surface area contributed by atoms with Gasteiger partial charge in [-0.15, -0.1) is 11.3 Å². The van der Waals surface area contributed by atoms with E-state index in [9.17, 15) is 4.79 Å². The summed E-state index contributed by atoms with van der Waals surface area (Å²) in [5.74, 6) is 0.147. The fourth-order valence-corrected chi connectivity index (χ4v) is 3.37. The molecule has 0 aliphatic heterocycles. The average Bonchev–Trinajstić information content (AvgIpc) is 2.92. The second-order valence-electron chi connectivity index (χ2n) is 5.55. The van der Waals surface area contributed by atoms with Gasteiger partial charge < -0.3 is 10.6 Å². The zero-order valence-corrected chi connectivity index (χ0v) is 14.2. The zero-order chi connectivity index (χ0) is 15.8. The lowest BCUT2D eigenvalue weighted by Crippen LogP contribution is -2.38. The summed E-state index contributed by atoms with van der Waals surface area (Å²) >= 11 is 1.76. The standard InChI is InChI=1S/C17H25N3OS/c1-3-18-13(2)12-19-16(21)10-6-7-11-17-20-14-8-4-5-9-15(14)22-17/h4-5,8-9,13,18H,3,6-7,10-12H2,1-2H3,(H,19,21)/t13-/m1/s1. The van der Waals surface area contributed by atoms with Crippen LogP contribution in [0.2, 0.25) is 0 Å². The van der Waals surface area contributed by atoms with Gasteiger partial charge in [-0.2, -0.15) is 0 Å². The highest BCUT2D eigenvalue weighted by Gasteiger charge is 2.06. The number of likely N-dealkylation sites (N-methyl/N-ethyl adjacent to an activating group) is 1. The first kappa shape index (κ1) is 16.9. The van der Waals surface area contributed by atoms with Crippen molar-refractivity contribution in [2.24, 2.45) is 0 Å². The van der Waals surface area contributed by atoms with Gasteiger partial charge in [0, 0.05) is 19.0 Å². The number of thiazole rings is 1. The van der Waals surface area contributed by atoms with Gasteiger partial charge in [-0.25, -0.2) is 4.98 Å². The number of amides is 1. The Hall–Kier alpha value is -1.46. The monoisotopic (exact) mass is 319 g/mol. The van der Waals surface area contributed by atoms with Gasteiger partial charge in [-0.05, 0) is 44.9 Å². The van der Waals surface area contributed by atoms with Gasteiger partial charge in [-0.1, -0.05) is 19.1 Å². The van der Waals surface area contributed by atoms with E-state index in [1.54, 1.807) is 11.3 Å². The lowest BCUT2D eigenvalue weighted by atomic mass is 10.2. The molecule has 0 saturated heterocycles. The topological polar surface area (TPSA) is 54.0 Å². The number of carbonyl (C=O) groups is 1. The smallest absolute Gasteiger partial charge is 0.220 e. The van der Waals surface area contributed by atoms with Gasteiger partial charge in [0.15, 0.2) is 0 Å². The van der Waals surface area contributed by atoms with E-state index in [2.05, 4.69) is 35.5 Å². The van der Waals surface area contributed by atoms with Crippen LogP contribution < -0.4 is 10.6 Å². The number of nitrogens with zero attached hydrogens (tertiary/aromatic N) is 1. The molecule has 0 fully saturated rings. The maximum absolute atomic E-state index is 11.8. The van der Waals surface area contributed by atoms with Crippen LogP contribution in [0.5, 0.6) is 0 Å². The number of benzene rings is 1. The Bertz CT molecular complexity index is 563. The number of hydrogen-bond donors (Lipinski definition) is 2. The summed E-state index contributed by atoms with van der Waals surface area (Å²) < 4.78 is 1.24. The van der Waals surface area contributed by atoms with E-state index in [-0.39, 0.29) is 5.91 Å². The summed E-state index contributed by atoms with van der Waals surface area (Å²) in [5, 5.41) is 7.42. The normalized spacial score (nSPS) is 12.5. The minimum Gasteiger partial charge on any atom is -0.355 e. The highest BCUT2D eigenvalue weighted by molar-refractivity contribution is 7.18. The lowest BCUT2D eigenvalue weighted by molar-refractivity contribution is -0.121. The molecule has 2 rings (SSSR count). The quantitative estimate of drug-likeness (QED) is 0.698. The van der Waals surface area contributed by atoms with E-state index in [1.165, 1.54) is 9.71 Å². The fraction of sp³-hybridized carbons (Fsp3) is 0.529. The third-order valence-corrected chi connectivity index (χ3v) is 4.64. The van der Waals surface area contributed by atoms with Crippen molar-refractivity contribution < 1.29 is 4.79 Å². The number of rotatable bonds is 9. The molecule has 2 aromatic rings. The van der Waals surface area contributed by atoms with Gasteiger partial charge in [0.1, 0.15) is 0 Å². The predicted molar refractivity (Wildman–Crippen MR) is 93.3 cm³/mol. The Kier molecular flexibility index (Phi) is 6.80. The molecule has 120 valence electrons. The summed E-state index contributed by atoms with van der Waals surface area (Å²) in [6.07, 6.45) is 3.48. The van der Waals surface area contributed by atoms with E-state index < -0.39 is 0 Å². The van der Waals surface area contributed by atoms with Crippen LogP contribution in [0, 0.1) is 0 Å². The second-order valence-corrected chi connectivity index (χ2v) is 6.66. The van der Waals surface area contributed by atoms with E-state index in [4.69, 9.17) is 0 Å². The minimum absolute atomic E-state index is 0.147. The van der Waals surface area contributed by atoms with Crippen molar-refractivity contribution in [1.82, 2.24) is 15.6 Å². The van der Waals surface area contributed by atoms with Crippen molar-refractivity contribution in [2.75, 3.05) is 13.1 Å². The Balaban J connectivity index is 1.63. The molecule has 1 heterocycles. The molecule has 2 N–H and O–H groups in total. The number of para-hydroxylation sites is 1. The van der Waals surface area contributed by atoms with Crippen LogP contribution in [0.25, 0.3) is 10.2 Å². The van der Waals surface area contributed by atoms with Gasteiger partial charge >= 0.3 is 0 Å². The first-order valence-corrected chi connectivity index (χ1v) is 8.85. The molecule has 22 heavy (non-hydrogen) atoms. The predicted octanol–water partition coefficient (Wildman–Crippen LogP) is 3.12. The maximum atomic E-state index is 11.8. The highest BCUT2D eigenvalue weighted by atomic mass is 32.1.